The van der Waals surface area contributed by atoms with Gasteiger partial charge < -0.3 is 5.43 Å². The second-order valence-electron chi connectivity index (χ2n) is 2.98. The van der Waals surface area contributed by atoms with Gasteiger partial charge in [-0.1, -0.05) is 6.08 Å². The van der Waals surface area contributed by atoms with Crippen LogP contribution in [-0.2, 0) is 0 Å². The normalized spacial score (nSPS) is 13.1. The zero-order chi connectivity index (χ0) is 10.3. The largest absolute Gasteiger partial charge is 0.329 e. The van der Waals surface area contributed by atoms with Crippen LogP contribution in [0, 0.1) is 0 Å². The van der Waals surface area contributed by atoms with Crippen LogP contribution in [0.5, 0.6) is 0 Å². The van der Waals surface area contributed by atoms with E-state index < -0.39 is 0 Å². The summed E-state index contributed by atoms with van der Waals surface area (Å²) in [6.07, 6.45) is 7.38. The SMILES string of the molecule is C1=CNNC1.c1cnc2ncccc2c1. The summed E-state index contributed by atoms with van der Waals surface area (Å²) in [5.74, 6) is 0. The van der Waals surface area contributed by atoms with Gasteiger partial charge in [0.2, 0.25) is 0 Å². The van der Waals surface area contributed by atoms with Crippen molar-refractivity contribution in [2.75, 3.05) is 6.54 Å². The molecule has 0 unspecified atom stereocenters. The molecule has 0 bridgehead atoms. The molecule has 0 saturated carbocycles. The van der Waals surface area contributed by atoms with Crippen molar-refractivity contribution in [3.8, 4) is 0 Å². The van der Waals surface area contributed by atoms with E-state index in [-0.39, 0.29) is 0 Å². The molecule has 1 aliphatic heterocycles. The molecule has 2 N–H and O–H groups in total. The number of fused-ring (bicyclic) bond motifs is 1. The van der Waals surface area contributed by atoms with Gasteiger partial charge in [-0.15, -0.1) is 0 Å². The van der Waals surface area contributed by atoms with Crippen LogP contribution < -0.4 is 10.9 Å². The molecule has 2 aromatic rings. The van der Waals surface area contributed by atoms with Gasteiger partial charge in [-0.3, -0.25) is 0 Å². The lowest BCUT2D eigenvalue weighted by Crippen LogP contribution is -2.19. The summed E-state index contributed by atoms with van der Waals surface area (Å²) in [4.78, 5) is 8.14. The molecule has 15 heavy (non-hydrogen) atoms. The monoisotopic (exact) mass is 200 g/mol. The molecule has 0 aromatic carbocycles. The summed E-state index contributed by atoms with van der Waals surface area (Å²) in [7, 11) is 0. The fraction of sp³-hybridized carbons (Fsp3) is 0.0909. The molecule has 4 nitrogen and oxygen atoms in total. The molecule has 3 heterocycles. The Kier molecular flexibility index (Phi) is 3.25. The van der Waals surface area contributed by atoms with Crippen molar-refractivity contribution >= 4 is 11.0 Å². The quantitative estimate of drug-likeness (QED) is 0.671. The number of nitrogens with one attached hydrogen (secondary N) is 2. The molecule has 3 rings (SSSR count). The van der Waals surface area contributed by atoms with E-state index in [9.17, 15) is 0 Å². The van der Waals surface area contributed by atoms with Crippen molar-refractivity contribution in [1.82, 2.24) is 20.8 Å². The summed E-state index contributed by atoms with van der Waals surface area (Å²) in [5.41, 5.74) is 6.46. The van der Waals surface area contributed by atoms with Gasteiger partial charge in [-0.2, -0.15) is 0 Å². The summed E-state index contributed by atoms with van der Waals surface area (Å²) in [5, 5.41) is 1.09. The van der Waals surface area contributed by atoms with Crippen molar-refractivity contribution in [3.05, 3.63) is 48.9 Å². The zero-order valence-corrected chi connectivity index (χ0v) is 8.22. The van der Waals surface area contributed by atoms with E-state index in [1.54, 1.807) is 12.4 Å². The van der Waals surface area contributed by atoms with Gasteiger partial charge in [0.05, 0.1) is 0 Å². The Hall–Kier alpha value is -1.94. The third kappa shape index (κ3) is 2.75. The van der Waals surface area contributed by atoms with Gasteiger partial charge in [0, 0.05) is 30.5 Å². The number of hydrogen-bond acceptors (Lipinski definition) is 4. The minimum absolute atomic E-state index is 0.810. The minimum atomic E-state index is 0.810. The van der Waals surface area contributed by atoms with Gasteiger partial charge >= 0.3 is 0 Å². The first-order chi connectivity index (χ1) is 7.47. The third-order valence-electron chi connectivity index (χ3n) is 1.90. The molecule has 0 atom stereocenters. The van der Waals surface area contributed by atoms with Crippen molar-refractivity contribution in [2.45, 2.75) is 0 Å². The molecule has 0 amide bonds. The van der Waals surface area contributed by atoms with Gasteiger partial charge in [0.1, 0.15) is 0 Å². The molecule has 0 saturated heterocycles. The zero-order valence-electron chi connectivity index (χ0n) is 8.22. The first-order valence-electron chi connectivity index (χ1n) is 4.76. The molecule has 76 valence electrons. The van der Waals surface area contributed by atoms with Crippen LogP contribution >= 0.6 is 0 Å². The summed E-state index contributed by atoms with van der Waals surface area (Å²) in [6, 6.07) is 7.80. The van der Waals surface area contributed by atoms with Gasteiger partial charge in [-0.25, -0.2) is 15.4 Å². The van der Waals surface area contributed by atoms with Crippen molar-refractivity contribution in [2.24, 2.45) is 0 Å². The Labute approximate surface area is 88.0 Å². The molecule has 0 spiro atoms. The first kappa shape index (κ1) is 9.61. The topological polar surface area (TPSA) is 49.8 Å². The molecule has 2 aromatic heterocycles. The maximum absolute atomic E-state index is 4.07. The predicted molar refractivity (Wildman–Crippen MR) is 59.8 cm³/mol. The number of pyridine rings is 2. The maximum atomic E-state index is 4.07. The Balaban J connectivity index is 0.000000144. The summed E-state index contributed by atoms with van der Waals surface area (Å²) >= 11 is 0. The fourth-order valence-corrected chi connectivity index (χ4v) is 1.20. The van der Waals surface area contributed by atoms with Crippen LogP contribution in [0.2, 0.25) is 0 Å². The Morgan fingerprint density at radius 1 is 1.07 bits per heavy atom. The van der Waals surface area contributed by atoms with Crippen LogP contribution in [0.15, 0.2) is 48.9 Å². The number of rotatable bonds is 0. The molecule has 1 aliphatic rings. The summed E-state index contributed by atoms with van der Waals surface area (Å²) < 4.78 is 0. The third-order valence-corrected chi connectivity index (χ3v) is 1.90. The van der Waals surface area contributed by atoms with Crippen LogP contribution in [0.3, 0.4) is 0 Å². The van der Waals surface area contributed by atoms with Crippen molar-refractivity contribution < 1.29 is 0 Å². The molecule has 0 fully saturated rings. The van der Waals surface area contributed by atoms with E-state index in [0.717, 1.165) is 17.6 Å². The van der Waals surface area contributed by atoms with Crippen LogP contribution in [0.1, 0.15) is 0 Å². The highest BCUT2D eigenvalue weighted by Gasteiger charge is 1.88. The van der Waals surface area contributed by atoms with E-state index in [2.05, 4.69) is 20.8 Å². The molecule has 0 radical (unpaired) electrons. The average Bonchev–Trinajstić information content (AvgIpc) is 2.88. The maximum Gasteiger partial charge on any atom is 0.159 e. The van der Waals surface area contributed by atoms with E-state index in [1.807, 2.05) is 36.5 Å². The summed E-state index contributed by atoms with van der Waals surface area (Å²) in [6.45, 7) is 0.958. The highest BCUT2D eigenvalue weighted by molar-refractivity contribution is 5.73. The van der Waals surface area contributed by atoms with Crippen LogP contribution in [0.25, 0.3) is 11.0 Å². The number of hydrazine groups is 1. The second-order valence-corrected chi connectivity index (χ2v) is 2.98. The molecular formula is C11H12N4. The van der Waals surface area contributed by atoms with Gasteiger partial charge in [0.25, 0.3) is 0 Å². The lowest BCUT2D eigenvalue weighted by Gasteiger charge is -1.90. The van der Waals surface area contributed by atoms with E-state index in [0.29, 0.717) is 0 Å². The molecule has 0 aliphatic carbocycles. The predicted octanol–water partition coefficient (Wildman–Crippen LogP) is 1.24. The van der Waals surface area contributed by atoms with E-state index >= 15 is 0 Å². The van der Waals surface area contributed by atoms with E-state index in [4.69, 9.17) is 0 Å². The minimum Gasteiger partial charge on any atom is -0.329 e. The fourth-order valence-electron chi connectivity index (χ4n) is 1.20. The lowest BCUT2D eigenvalue weighted by molar-refractivity contribution is 0.727. The molecular weight excluding hydrogens is 188 g/mol. The van der Waals surface area contributed by atoms with Gasteiger partial charge in [-0.05, 0) is 24.3 Å². The van der Waals surface area contributed by atoms with Crippen molar-refractivity contribution in [3.63, 3.8) is 0 Å². The Bertz CT molecular complexity index is 382. The number of aromatic nitrogens is 2. The Morgan fingerprint density at radius 3 is 2.20 bits per heavy atom. The first-order valence-corrected chi connectivity index (χ1v) is 4.76. The smallest absolute Gasteiger partial charge is 0.159 e. The number of nitrogens with zero attached hydrogens (tertiary/aromatic N) is 2. The highest BCUT2D eigenvalue weighted by atomic mass is 15.4. The Morgan fingerprint density at radius 2 is 1.80 bits per heavy atom. The molecule has 4 heteroatoms. The standard InChI is InChI=1S/C8H6N2.C3H6N2/c1-3-7-4-2-6-10-8(7)9-5-1;1-2-4-5-3-1/h1-6H;1-2,4-5H,3H2. The number of hydrogen-bond donors (Lipinski definition) is 2. The average molecular weight is 200 g/mol. The van der Waals surface area contributed by atoms with Crippen molar-refractivity contribution in [1.29, 1.82) is 0 Å². The second kappa shape index (κ2) is 5.07. The van der Waals surface area contributed by atoms with Crippen LogP contribution in [-0.4, -0.2) is 16.5 Å². The highest BCUT2D eigenvalue weighted by Crippen LogP contribution is 2.04. The lowest BCUT2D eigenvalue weighted by atomic mass is 10.3. The van der Waals surface area contributed by atoms with Gasteiger partial charge in [0.15, 0.2) is 5.65 Å². The van der Waals surface area contributed by atoms with E-state index in [1.165, 1.54) is 0 Å². The van der Waals surface area contributed by atoms with Crippen LogP contribution in [0.4, 0.5) is 0 Å².